The van der Waals surface area contributed by atoms with E-state index in [1.54, 1.807) is 10.9 Å². The van der Waals surface area contributed by atoms with E-state index in [2.05, 4.69) is 15.5 Å². The molecule has 7 heteroatoms. The summed E-state index contributed by atoms with van der Waals surface area (Å²) in [5.74, 6) is 1.30. The Labute approximate surface area is 114 Å². The van der Waals surface area contributed by atoms with Crippen molar-refractivity contribution >= 4 is 16.5 Å². The zero-order chi connectivity index (χ0) is 13.8. The van der Waals surface area contributed by atoms with Gasteiger partial charge in [-0.25, -0.2) is 4.68 Å². The molecule has 1 atom stereocenters. The van der Waals surface area contributed by atoms with E-state index in [-0.39, 0.29) is 0 Å². The van der Waals surface area contributed by atoms with Gasteiger partial charge < -0.3 is 5.73 Å². The molecule has 1 heterocycles. The highest BCUT2D eigenvalue weighted by Gasteiger charge is 2.12. The van der Waals surface area contributed by atoms with Crippen LogP contribution in [0.4, 0.5) is 5.69 Å². The van der Waals surface area contributed by atoms with Crippen LogP contribution in [0.3, 0.4) is 0 Å². The van der Waals surface area contributed by atoms with Gasteiger partial charge in [-0.2, -0.15) is 0 Å². The molecule has 0 saturated carbocycles. The molecule has 2 aromatic rings. The minimum atomic E-state index is -0.793. The first kappa shape index (κ1) is 13.7. The summed E-state index contributed by atoms with van der Waals surface area (Å²) in [7, 11) is -0.793. The van der Waals surface area contributed by atoms with Crippen molar-refractivity contribution in [3.05, 3.63) is 23.8 Å². The summed E-state index contributed by atoms with van der Waals surface area (Å²) in [6.45, 7) is 2.59. The van der Waals surface area contributed by atoms with Gasteiger partial charge in [0.2, 0.25) is 0 Å². The molecule has 6 nitrogen and oxygen atoms in total. The Morgan fingerprint density at radius 3 is 2.95 bits per heavy atom. The van der Waals surface area contributed by atoms with Gasteiger partial charge in [0.1, 0.15) is 0 Å². The van der Waals surface area contributed by atoms with E-state index in [4.69, 9.17) is 5.73 Å². The standard InChI is InChI=1S/C12H17N5OS/c1-9-5-3-6-10(11(9)13)12-14-15-16-17(12)7-4-8-19(2)18/h3,5-6H,4,7-8,13H2,1-2H3. The van der Waals surface area contributed by atoms with Crippen LogP contribution in [0.2, 0.25) is 0 Å². The fourth-order valence-corrected chi connectivity index (χ4v) is 2.38. The summed E-state index contributed by atoms with van der Waals surface area (Å²) in [6, 6.07) is 5.79. The third kappa shape index (κ3) is 3.17. The van der Waals surface area contributed by atoms with Crippen molar-refractivity contribution in [3.8, 4) is 11.4 Å². The summed E-state index contributed by atoms with van der Waals surface area (Å²) in [4.78, 5) is 0. The highest BCUT2D eigenvalue weighted by molar-refractivity contribution is 7.84. The molecule has 0 saturated heterocycles. The predicted molar refractivity (Wildman–Crippen MR) is 76.0 cm³/mol. The van der Waals surface area contributed by atoms with Crippen LogP contribution in [0.25, 0.3) is 11.4 Å². The maximum absolute atomic E-state index is 11.1. The Morgan fingerprint density at radius 1 is 1.42 bits per heavy atom. The molecule has 0 aliphatic rings. The maximum atomic E-state index is 11.1. The number of rotatable bonds is 5. The Bertz CT molecular complexity index is 596. The van der Waals surface area contributed by atoms with Gasteiger partial charge in [-0.3, -0.25) is 4.21 Å². The molecular weight excluding hydrogens is 262 g/mol. The first-order chi connectivity index (χ1) is 9.09. The molecule has 0 radical (unpaired) electrons. The third-order valence-electron chi connectivity index (χ3n) is 2.90. The molecule has 1 unspecified atom stereocenters. The predicted octanol–water partition coefficient (Wildman–Crippen LogP) is 0.999. The smallest absolute Gasteiger partial charge is 0.184 e. The van der Waals surface area contributed by atoms with Gasteiger partial charge in [0.15, 0.2) is 5.82 Å². The molecule has 0 aliphatic carbocycles. The number of nitrogens with two attached hydrogens (primary N) is 1. The maximum Gasteiger partial charge on any atom is 0.184 e. The lowest BCUT2D eigenvalue weighted by Crippen LogP contribution is -2.07. The van der Waals surface area contributed by atoms with E-state index < -0.39 is 10.8 Å². The van der Waals surface area contributed by atoms with Gasteiger partial charge in [0, 0.05) is 40.6 Å². The first-order valence-electron chi connectivity index (χ1n) is 6.01. The third-order valence-corrected chi connectivity index (χ3v) is 3.76. The first-order valence-corrected chi connectivity index (χ1v) is 7.74. The van der Waals surface area contributed by atoms with E-state index in [0.29, 0.717) is 23.8 Å². The zero-order valence-corrected chi connectivity index (χ0v) is 11.9. The van der Waals surface area contributed by atoms with Crippen molar-refractivity contribution in [1.29, 1.82) is 0 Å². The zero-order valence-electron chi connectivity index (χ0n) is 11.0. The van der Waals surface area contributed by atoms with E-state index in [1.165, 1.54) is 0 Å². The summed E-state index contributed by atoms with van der Waals surface area (Å²) in [5, 5.41) is 11.7. The van der Waals surface area contributed by atoms with Crippen molar-refractivity contribution in [2.45, 2.75) is 19.9 Å². The van der Waals surface area contributed by atoms with Crippen molar-refractivity contribution in [2.75, 3.05) is 17.7 Å². The topological polar surface area (TPSA) is 86.7 Å². The fourth-order valence-electron chi connectivity index (χ4n) is 1.84. The van der Waals surface area contributed by atoms with Gasteiger partial charge in [-0.05, 0) is 35.4 Å². The molecular formula is C12H17N5OS. The van der Waals surface area contributed by atoms with Crippen LogP contribution >= 0.6 is 0 Å². The summed E-state index contributed by atoms with van der Waals surface area (Å²) >= 11 is 0. The van der Waals surface area contributed by atoms with Crippen molar-refractivity contribution < 1.29 is 4.21 Å². The van der Waals surface area contributed by atoms with Crippen LogP contribution in [0, 0.1) is 6.92 Å². The molecule has 0 amide bonds. The Morgan fingerprint density at radius 2 is 2.21 bits per heavy atom. The minimum Gasteiger partial charge on any atom is -0.398 e. The largest absolute Gasteiger partial charge is 0.398 e. The van der Waals surface area contributed by atoms with Gasteiger partial charge in [-0.15, -0.1) is 5.10 Å². The van der Waals surface area contributed by atoms with E-state index >= 15 is 0 Å². The number of anilines is 1. The van der Waals surface area contributed by atoms with Gasteiger partial charge in [-0.1, -0.05) is 12.1 Å². The molecule has 0 spiro atoms. The Hall–Kier alpha value is -1.76. The molecule has 1 aromatic heterocycles. The molecule has 102 valence electrons. The molecule has 2 rings (SSSR count). The number of nitrogens with zero attached hydrogens (tertiary/aromatic N) is 4. The quantitative estimate of drug-likeness (QED) is 0.825. The average Bonchev–Trinajstić information content (AvgIpc) is 2.80. The molecule has 2 N–H and O–H groups in total. The molecule has 19 heavy (non-hydrogen) atoms. The van der Waals surface area contributed by atoms with Crippen LogP contribution in [-0.2, 0) is 17.3 Å². The molecule has 0 bridgehead atoms. The van der Waals surface area contributed by atoms with E-state index in [1.807, 2.05) is 25.1 Å². The van der Waals surface area contributed by atoms with Crippen LogP contribution in [0.5, 0.6) is 0 Å². The Balaban J connectivity index is 2.24. The molecule has 0 fully saturated rings. The van der Waals surface area contributed by atoms with E-state index in [0.717, 1.165) is 17.5 Å². The van der Waals surface area contributed by atoms with Crippen molar-refractivity contribution in [1.82, 2.24) is 20.2 Å². The highest BCUT2D eigenvalue weighted by atomic mass is 32.2. The number of benzene rings is 1. The second-order valence-corrected chi connectivity index (χ2v) is 5.95. The lowest BCUT2D eigenvalue weighted by atomic mass is 10.1. The number of nitrogen functional groups attached to an aromatic ring is 1. The number of hydrogen-bond donors (Lipinski definition) is 1. The minimum absolute atomic E-state index is 0.634. The Kier molecular flexibility index (Phi) is 4.26. The number of aryl methyl sites for hydroxylation is 2. The average molecular weight is 279 g/mol. The van der Waals surface area contributed by atoms with Gasteiger partial charge >= 0.3 is 0 Å². The normalized spacial score (nSPS) is 12.5. The van der Waals surface area contributed by atoms with E-state index in [9.17, 15) is 4.21 Å². The molecule has 0 aliphatic heterocycles. The number of tetrazole rings is 1. The lowest BCUT2D eigenvalue weighted by molar-refractivity contribution is 0.583. The van der Waals surface area contributed by atoms with Crippen molar-refractivity contribution in [3.63, 3.8) is 0 Å². The van der Waals surface area contributed by atoms with Gasteiger partial charge in [0.05, 0.1) is 0 Å². The molecule has 1 aromatic carbocycles. The van der Waals surface area contributed by atoms with Crippen molar-refractivity contribution in [2.24, 2.45) is 0 Å². The summed E-state index contributed by atoms with van der Waals surface area (Å²) in [5.41, 5.74) is 8.59. The van der Waals surface area contributed by atoms with Crippen LogP contribution in [0.1, 0.15) is 12.0 Å². The SMILES string of the molecule is Cc1cccc(-c2nnnn2CCCS(C)=O)c1N. The number of hydrogen-bond acceptors (Lipinski definition) is 5. The number of aromatic nitrogens is 4. The highest BCUT2D eigenvalue weighted by Crippen LogP contribution is 2.25. The second-order valence-electron chi connectivity index (χ2n) is 4.39. The summed E-state index contributed by atoms with van der Waals surface area (Å²) in [6.07, 6.45) is 2.46. The number of para-hydroxylation sites is 1. The van der Waals surface area contributed by atoms with Gasteiger partial charge in [0.25, 0.3) is 0 Å². The van der Waals surface area contributed by atoms with Crippen LogP contribution in [-0.4, -0.2) is 36.4 Å². The van der Waals surface area contributed by atoms with Crippen LogP contribution < -0.4 is 5.73 Å². The monoisotopic (exact) mass is 279 g/mol. The second kappa shape index (κ2) is 5.92. The lowest BCUT2D eigenvalue weighted by Gasteiger charge is -2.08. The fraction of sp³-hybridized carbons (Fsp3) is 0.417. The summed E-state index contributed by atoms with van der Waals surface area (Å²) < 4.78 is 12.8. The van der Waals surface area contributed by atoms with Crippen LogP contribution in [0.15, 0.2) is 18.2 Å².